The first kappa shape index (κ1) is 13.7. The van der Waals surface area contributed by atoms with E-state index in [0.29, 0.717) is 12.1 Å². The molecule has 0 radical (unpaired) electrons. The lowest BCUT2D eigenvalue weighted by Gasteiger charge is -2.31. The predicted molar refractivity (Wildman–Crippen MR) is 69.7 cm³/mol. The summed E-state index contributed by atoms with van der Waals surface area (Å²) in [5, 5.41) is 3.38. The zero-order valence-electron chi connectivity index (χ0n) is 10.7. The monoisotopic (exact) mass is 225 g/mol. The van der Waals surface area contributed by atoms with Crippen LogP contribution < -0.4 is 5.32 Å². The van der Waals surface area contributed by atoms with Crippen LogP contribution in [0.15, 0.2) is 12.7 Å². The van der Waals surface area contributed by atoms with E-state index in [1.54, 1.807) is 0 Å². The van der Waals surface area contributed by atoms with Crippen molar-refractivity contribution in [3.05, 3.63) is 12.7 Å². The third-order valence-corrected chi connectivity index (χ3v) is 3.46. The number of hydrogen-bond donors (Lipinski definition) is 1. The van der Waals surface area contributed by atoms with Gasteiger partial charge in [-0.1, -0.05) is 25.3 Å². The Labute approximate surface area is 100 Å². The van der Waals surface area contributed by atoms with Crippen molar-refractivity contribution in [3.63, 3.8) is 0 Å². The Kier molecular flexibility index (Phi) is 7.52. The first-order valence-corrected chi connectivity index (χ1v) is 6.78. The number of ether oxygens (including phenoxy) is 1. The van der Waals surface area contributed by atoms with Crippen LogP contribution in [-0.4, -0.2) is 25.8 Å². The highest BCUT2D eigenvalue weighted by Gasteiger charge is 2.23. The first-order valence-electron chi connectivity index (χ1n) is 6.78. The fraction of sp³-hybridized carbons (Fsp3) is 0.857. The molecule has 0 heterocycles. The van der Waals surface area contributed by atoms with Crippen LogP contribution in [0, 0.1) is 0 Å². The summed E-state index contributed by atoms with van der Waals surface area (Å²) in [4.78, 5) is 0. The summed E-state index contributed by atoms with van der Waals surface area (Å²) < 4.78 is 5.98. The molecule has 1 saturated carbocycles. The Balaban J connectivity index is 2.03. The summed E-state index contributed by atoms with van der Waals surface area (Å²) in [5.41, 5.74) is 0. The summed E-state index contributed by atoms with van der Waals surface area (Å²) in [6.07, 6.45) is 12.5. The lowest BCUT2D eigenvalue weighted by molar-refractivity contribution is 0.00538. The molecule has 1 rings (SSSR count). The number of unbranched alkanes of at least 4 members (excludes halogenated alkanes) is 3. The maximum absolute atomic E-state index is 5.98. The average molecular weight is 225 g/mol. The van der Waals surface area contributed by atoms with Gasteiger partial charge in [-0.05, 0) is 39.2 Å². The van der Waals surface area contributed by atoms with Gasteiger partial charge in [0.1, 0.15) is 0 Å². The topological polar surface area (TPSA) is 21.3 Å². The molecule has 0 bridgehead atoms. The summed E-state index contributed by atoms with van der Waals surface area (Å²) >= 11 is 0. The van der Waals surface area contributed by atoms with Crippen molar-refractivity contribution in [3.8, 4) is 0 Å². The fourth-order valence-corrected chi connectivity index (χ4v) is 2.43. The van der Waals surface area contributed by atoms with E-state index in [2.05, 4.69) is 18.9 Å². The van der Waals surface area contributed by atoms with Gasteiger partial charge in [0.25, 0.3) is 0 Å². The van der Waals surface area contributed by atoms with Gasteiger partial charge in [-0.25, -0.2) is 0 Å². The standard InChI is InChI=1S/C14H27NO/c1-3-4-5-6-9-12-16-14-11-8-7-10-13(14)15-2/h3,13-15H,1,4-12H2,2H3. The van der Waals surface area contributed by atoms with Gasteiger partial charge in [0.15, 0.2) is 0 Å². The molecule has 0 aromatic carbocycles. The van der Waals surface area contributed by atoms with Crippen LogP contribution in [0.1, 0.15) is 51.4 Å². The van der Waals surface area contributed by atoms with Gasteiger partial charge >= 0.3 is 0 Å². The van der Waals surface area contributed by atoms with E-state index in [1.807, 2.05) is 6.08 Å². The van der Waals surface area contributed by atoms with Gasteiger partial charge in [-0.3, -0.25) is 0 Å². The normalized spacial score (nSPS) is 25.6. The molecule has 94 valence electrons. The second-order valence-electron chi connectivity index (χ2n) is 4.73. The molecule has 0 aromatic rings. The second kappa shape index (κ2) is 8.77. The van der Waals surface area contributed by atoms with E-state index < -0.39 is 0 Å². The third kappa shape index (κ3) is 5.13. The quantitative estimate of drug-likeness (QED) is 0.505. The molecular weight excluding hydrogens is 198 g/mol. The summed E-state index contributed by atoms with van der Waals surface area (Å²) in [6, 6.07) is 0.585. The second-order valence-corrected chi connectivity index (χ2v) is 4.73. The molecule has 0 aromatic heterocycles. The minimum atomic E-state index is 0.457. The molecule has 2 unspecified atom stereocenters. The summed E-state index contributed by atoms with van der Waals surface area (Å²) in [5.74, 6) is 0. The van der Waals surface area contributed by atoms with Crippen LogP contribution in [0.5, 0.6) is 0 Å². The molecule has 2 nitrogen and oxygen atoms in total. The molecule has 0 aliphatic heterocycles. The van der Waals surface area contributed by atoms with Gasteiger partial charge in [0.05, 0.1) is 6.10 Å². The van der Waals surface area contributed by atoms with Crippen molar-refractivity contribution in [1.29, 1.82) is 0 Å². The molecule has 2 atom stereocenters. The number of rotatable bonds is 8. The van der Waals surface area contributed by atoms with Crippen LogP contribution in [0.25, 0.3) is 0 Å². The minimum Gasteiger partial charge on any atom is -0.377 e. The first-order chi connectivity index (χ1) is 7.88. The van der Waals surface area contributed by atoms with Gasteiger partial charge in [0, 0.05) is 12.6 Å². The highest BCUT2D eigenvalue weighted by molar-refractivity contribution is 4.80. The predicted octanol–water partition coefficient (Wildman–Crippen LogP) is 3.28. The highest BCUT2D eigenvalue weighted by atomic mass is 16.5. The van der Waals surface area contributed by atoms with Crippen LogP contribution in [-0.2, 0) is 4.74 Å². The summed E-state index contributed by atoms with van der Waals surface area (Å²) in [7, 11) is 2.05. The molecule has 2 heteroatoms. The highest BCUT2D eigenvalue weighted by Crippen LogP contribution is 2.21. The zero-order chi connectivity index (χ0) is 11.6. The maximum Gasteiger partial charge on any atom is 0.0727 e. The van der Waals surface area contributed by atoms with Crippen molar-refractivity contribution in [1.82, 2.24) is 5.32 Å². The van der Waals surface area contributed by atoms with Crippen molar-refractivity contribution >= 4 is 0 Å². The Hall–Kier alpha value is -0.340. The molecule has 1 fully saturated rings. The van der Waals surface area contributed by atoms with E-state index in [9.17, 15) is 0 Å². The van der Waals surface area contributed by atoms with Crippen LogP contribution in [0.3, 0.4) is 0 Å². The van der Waals surface area contributed by atoms with Crippen molar-refractivity contribution in [2.45, 2.75) is 63.5 Å². The van der Waals surface area contributed by atoms with Gasteiger partial charge < -0.3 is 10.1 Å². The van der Waals surface area contributed by atoms with Gasteiger partial charge in [-0.2, -0.15) is 0 Å². The molecule has 1 aliphatic rings. The molecule has 0 saturated heterocycles. The average Bonchev–Trinajstić information content (AvgIpc) is 2.34. The van der Waals surface area contributed by atoms with E-state index in [0.717, 1.165) is 13.0 Å². The lowest BCUT2D eigenvalue weighted by Crippen LogP contribution is -2.41. The zero-order valence-corrected chi connectivity index (χ0v) is 10.7. The Morgan fingerprint density at radius 3 is 2.81 bits per heavy atom. The molecule has 0 spiro atoms. The van der Waals surface area contributed by atoms with Crippen molar-refractivity contribution in [2.24, 2.45) is 0 Å². The van der Waals surface area contributed by atoms with E-state index in [-0.39, 0.29) is 0 Å². The molecule has 1 N–H and O–H groups in total. The van der Waals surface area contributed by atoms with E-state index in [1.165, 1.54) is 44.9 Å². The van der Waals surface area contributed by atoms with E-state index in [4.69, 9.17) is 4.74 Å². The smallest absolute Gasteiger partial charge is 0.0727 e. The Morgan fingerprint density at radius 1 is 1.25 bits per heavy atom. The lowest BCUT2D eigenvalue weighted by atomic mass is 9.92. The molecule has 16 heavy (non-hydrogen) atoms. The minimum absolute atomic E-state index is 0.457. The number of nitrogens with one attached hydrogen (secondary N) is 1. The number of likely N-dealkylation sites (N-methyl/N-ethyl adjacent to an activating group) is 1. The fourth-order valence-electron chi connectivity index (χ4n) is 2.43. The van der Waals surface area contributed by atoms with Crippen LogP contribution in [0.2, 0.25) is 0 Å². The Morgan fingerprint density at radius 2 is 2.06 bits per heavy atom. The SMILES string of the molecule is C=CCCCCCOC1CCCCC1NC. The molecule has 1 aliphatic carbocycles. The summed E-state index contributed by atoms with van der Waals surface area (Å²) in [6.45, 7) is 4.66. The molecular formula is C14H27NO. The number of allylic oxidation sites excluding steroid dienone is 1. The van der Waals surface area contributed by atoms with Crippen LogP contribution >= 0.6 is 0 Å². The third-order valence-electron chi connectivity index (χ3n) is 3.46. The van der Waals surface area contributed by atoms with Crippen molar-refractivity contribution < 1.29 is 4.74 Å². The van der Waals surface area contributed by atoms with Gasteiger partial charge in [0.2, 0.25) is 0 Å². The van der Waals surface area contributed by atoms with Gasteiger partial charge in [-0.15, -0.1) is 6.58 Å². The van der Waals surface area contributed by atoms with E-state index >= 15 is 0 Å². The molecule has 0 amide bonds. The Bertz CT molecular complexity index is 182. The largest absolute Gasteiger partial charge is 0.377 e. The number of hydrogen-bond acceptors (Lipinski definition) is 2. The van der Waals surface area contributed by atoms with Crippen molar-refractivity contribution in [2.75, 3.05) is 13.7 Å². The van der Waals surface area contributed by atoms with Crippen LogP contribution in [0.4, 0.5) is 0 Å². The maximum atomic E-state index is 5.98.